The van der Waals surface area contributed by atoms with Crippen LogP contribution in [0.2, 0.25) is 5.02 Å². The van der Waals surface area contributed by atoms with Gasteiger partial charge in [0, 0.05) is 18.4 Å². The van der Waals surface area contributed by atoms with Gasteiger partial charge in [-0.15, -0.1) is 0 Å². The molecule has 0 saturated carbocycles. The molecule has 0 aromatic carbocycles. The highest BCUT2D eigenvalue weighted by atomic mass is 35.5. The lowest BCUT2D eigenvalue weighted by molar-refractivity contribution is 0.0924. The number of aliphatic hydroxyl groups excluding tert-OH is 1. The lowest BCUT2D eigenvalue weighted by Crippen LogP contribution is -2.30. The maximum Gasteiger partial charge on any atom is 0.254 e. The predicted molar refractivity (Wildman–Crippen MR) is 58.0 cm³/mol. The molecule has 5 heteroatoms. The van der Waals surface area contributed by atoms with Crippen LogP contribution in [0.25, 0.3) is 0 Å². The van der Waals surface area contributed by atoms with Gasteiger partial charge in [0.25, 0.3) is 5.91 Å². The Labute approximate surface area is 93.3 Å². The first-order valence-electron chi connectivity index (χ1n) is 4.59. The molecule has 0 aliphatic rings. The molecule has 1 atom stereocenters. The molecule has 0 aliphatic carbocycles. The molecule has 82 valence electrons. The third-order valence-corrected chi connectivity index (χ3v) is 2.11. The molecule has 1 rings (SSSR count). The summed E-state index contributed by atoms with van der Waals surface area (Å²) in [5.41, 5.74) is 1.08. The summed E-state index contributed by atoms with van der Waals surface area (Å²) in [5, 5.41) is 11.9. The van der Waals surface area contributed by atoms with E-state index in [1.165, 1.54) is 6.20 Å². The Hall–Kier alpha value is -1.13. The van der Waals surface area contributed by atoms with E-state index in [2.05, 4.69) is 10.3 Å². The van der Waals surface area contributed by atoms with Gasteiger partial charge in [-0.05, 0) is 19.9 Å². The molecule has 2 N–H and O–H groups in total. The minimum absolute atomic E-state index is 0.197. The fourth-order valence-corrected chi connectivity index (χ4v) is 1.32. The third kappa shape index (κ3) is 3.49. The van der Waals surface area contributed by atoms with Crippen LogP contribution in [0.15, 0.2) is 12.3 Å². The summed E-state index contributed by atoms with van der Waals surface area (Å²) in [6.45, 7) is 3.58. The minimum atomic E-state index is -0.578. The smallest absolute Gasteiger partial charge is 0.254 e. The molecule has 4 nitrogen and oxygen atoms in total. The number of rotatable bonds is 3. The quantitative estimate of drug-likeness (QED) is 0.816. The molecular formula is C10H13ClN2O2. The first kappa shape index (κ1) is 11.9. The molecule has 0 saturated heterocycles. The van der Waals surface area contributed by atoms with Gasteiger partial charge in [-0.2, -0.15) is 0 Å². The van der Waals surface area contributed by atoms with Crippen molar-refractivity contribution < 1.29 is 9.90 Å². The van der Waals surface area contributed by atoms with E-state index in [0.717, 1.165) is 5.69 Å². The molecule has 1 heterocycles. The Bertz CT molecular complexity index is 366. The molecule has 1 aromatic rings. The van der Waals surface area contributed by atoms with Crippen molar-refractivity contribution in [3.8, 4) is 0 Å². The number of carbonyl (C=O) groups is 1. The van der Waals surface area contributed by atoms with Crippen molar-refractivity contribution in [1.29, 1.82) is 0 Å². The van der Waals surface area contributed by atoms with Gasteiger partial charge in [0.2, 0.25) is 0 Å². The lowest BCUT2D eigenvalue weighted by atomic mass is 10.2. The van der Waals surface area contributed by atoms with Gasteiger partial charge in [0.1, 0.15) is 0 Å². The van der Waals surface area contributed by atoms with Crippen molar-refractivity contribution in [2.45, 2.75) is 20.0 Å². The molecular weight excluding hydrogens is 216 g/mol. The Morgan fingerprint density at radius 2 is 2.40 bits per heavy atom. The normalized spacial score (nSPS) is 12.3. The second-order valence-electron chi connectivity index (χ2n) is 3.36. The number of pyridine rings is 1. The lowest BCUT2D eigenvalue weighted by Gasteiger charge is -2.08. The summed E-state index contributed by atoms with van der Waals surface area (Å²) in [6.07, 6.45) is 0.848. The van der Waals surface area contributed by atoms with E-state index in [4.69, 9.17) is 16.7 Å². The van der Waals surface area contributed by atoms with Crippen LogP contribution in [-0.4, -0.2) is 28.6 Å². The van der Waals surface area contributed by atoms with Gasteiger partial charge in [-0.25, -0.2) is 0 Å². The fraction of sp³-hybridized carbons (Fsp3) is 0.400. The molecule has 0 spiro atoms. The Kier molecular flexibility index (Phi) is 4.05. The second-order valence-corrected chi connectivity index (χ2v) is 3.77. The SMILES string of the molecule is Cc1cc(Cl)c(C(=O)NC[C@H](C)O)cn1. The maximum atomic E-state index is 11.5. The van der Waals surface area contributed by atoms with Gasteiger partial charge < -0.3 is 10.4 Å². The highest BCUT2D eigenvalue weighted by Gasteiger charge is 2.11. The van der Waals surface area contributed by atoms with E-state index < -0.39 is 6.10 Å². The number of carbonyl (C=O) groups excluding carboxylic acids is 1. The van der Waals surface area contributed by atoms with Crippen LogP contribution in [0.5, 0.6) is 0 Å². The topological polar surface area (TPSA) is 62.2 Å². The van der Waals surface area contributed by atoms with Crippen molar-refractivity contribution in [2.75, 3.05) is 6.54 Å². The average Bonchev–Trinajstić information content (AvgIpc) is 2.14. The molecule has 1 aromatic heterocycles. The van der Waals surface area contributed by atoms with Crippen LogP contribution in [0.4, 0.5) is 0 Å². The molecule has 1 amide bonds. The van der Waals surface area contributed by atoms with Crippen molar-refractivity contribution in [3.63, 3.8) is 0 Å². The van der Waals surface area contributed by atoms with Crippen molar-refractivity contribution in [1.82, 2.24) is 10.3 Å². The van der Waals surface area contributed by atoms with Crippen molar-refractivity contribution >= 4 is 17.5 Å². The van der Waals surface area contributed by atoms with E-state index in [-0.39, 0.29) is 12.5 Å². The number of amides is 1. The number of aliphatic hydroxyl groups is 1. The van der Waals surface area contributed by atoms with Crippen molar-refractivity contribution in [2.24, 2.45) is 0 Å². The van der Waals surface area contributed by atoms with E-state index in [9.17, 15) is 4.79 Å². The summed E-state index contributed by atoms with van der Waals surface area (Å²) < 4.78 is 0. The zero-order valence-corrected chi connectivity index (χ0v) is 9.38. The summed E-state index contributed by atoms with van der Waals surface area (Å²) in [5.74, 6) is -0.326. The number of nitrogens with zero attached hydrogens (tertiary/aromatic N) is 1. The molecule has 0 fully saturated rings. The number of aromatic nitrogens is 1. The minimum Gasteiger partial charge on any atom is -0.392 e. The van der Waals surface area contributed by atoms with Crippen LogP contribution in [-0.2, 0) is 0 Å². The number of hydrogen-bond acceptors (Lipinski definition) is 3. The maximum absolute atomic E-state index is 11.5. The standard InChI is InChI=1S/C10H13ClN2O2/c1-6-3-9(11)8(5-12-6)10(15)13-4-7(2)14/h3,5,7,14H,4H2,1-2H3,(H,13,15)/t7-/m0/s1. The highest BCUT2D eigenvalue weighted by molar-refractivity contribution is 6.33. The van der Waals surface area contributed by atoms with Crippen LogP contribution in [0.1, 0.15) is 23.0 Å². The number of nitrogens with one attached hydrogen (secondary N) is 1. The van der Waals surface area contributed by atoms with Gasteiger partial charge in [-0.3, -0.25) is 9.78 Å². The van der Waals surface area contributed by atoms with E-state index in [1.807, 2.05) is 0 Å². The fourth-order valence-electron chi connectivity index (χ4n) is 1.03. The van der Waals surface area contributed by atoms with E-state index in [0.29, 0.717) is 10.6 Å². The largest absolute Gasteiger partial charge is 0.392 e. The van der Waals surface area contributed by atoms with Gasteiger partial charge in [0.05, 0.1) is 16.7 Å². The zero-order chi connectivity index (χ0) is 11.4. The third-order valence-electron chi connectivity index (χ3n) is 1.79. The van der Waals surface area contributed by atoms with Gasteiger partial charge in [0.15, 0.2) is 0 Å². The van der Waals surface area contributed by atoms with Crippen molar-refractivity contribution in [3.05, 3.63) is 28.5 Å². The Morgan fingerprint density at radius 3 is 2.93 bits per heavy atom. The van der Waals surface area contributed by atoms with E-state index >= 15 is 0 Å². The number of aryl methyl sites for hydroxylation is 1. The molecule has 0 unspecified atom stereocenters. The summed E-state index contributed by atoms with van der Waals surface area (Å²) >= 11 is 5.88. The van der Waals surface area contributed by atoms with Gasteiger partial charge in [-0.1, -0.05) is 11.6 Å². The summed E-state index contributed by atoms with van der Waals surface area (Å²) in [4.78, 5) is 15.5. The molecule has 0 aliphatic heterocycles. The Morgan fingerprint density at radius 1 is 1.73 bits per heavy atom. The molecule has 0 radical (unpaired) electrons. The number of hydrogen-bond donors (Lipinski definition) is 2. The Balaban J connectivity index is 2.74. The first-order chi connectivity index (χ1) is 7.00. The monoisotopic (exact) mass is 228 g/mol. The zero-order valence-electron chi connectivity index (χ0n) is 8.62. The second kappa shape index (κ2) is 5.09. The number of halogens is 1. The van der Waals surface area contributed by atoms with E-state index in [1.54, 1.807) is 19.9 Å². The van der Waals surface area contributed by atoms with Crippen LogP contribution >= 0.6 is 11.6 Å². The van der Waals surface area contributed by atoms with Crippen LogP contribution in [0.3, 0.4) is 0 Å². The summed E-state index contributed by atoms with van der Waals surface area (Å²) in [6, 6.07) is 1.62. The molecule has 15 heavy (non-hydrogen) atoms. The first-order valence-corrected chi connectivity index (χ1v) is 4.97. The molecule has 0 bridgehead atoms. The average molecular weight is 229 g/mol. The summed E-state index contributed by atoms with van der Waals surface area (Å²) in [7, 11) is 0. The van der Waals surface area contributed by atoms with Crippen LogP contribution < -0.4 is 5.32 Å². The van der Waals surface area contributed by atoms with Gasteiger partial charge >= 0.3 is 0 Å². The predicted octanol–water partition coefficient (Wildman–Crippen LogP) is 1.15. The highest BCUT2D eigenvalue weighted by Crippen LogP contribution is 2.15. The van der Waals surface area contributed by atoms with Crippen LogP contribution in [0, 0.1) is 6.92 Å².